The molecule has 21 heavy (non-hydrogen) atoms. The molecule has 0 N–H and O–H groups in total. The Morgan fingerprint density at radius 3 is 2.90 bits per heavy atom. The SMILES string of the molecule is C.N#Cc1cccc(C(=O)N2CCN3CCCC(C3)C2)c1. The number of hydrogen-bond acceptors (Lipinski definition) is 3. The summed E-state index contributed by atoms with van der Waals surface area (Å²) in [6.07, 6.45) is 2.47. The van der Waals surface area contributed by atoms with Crippen LogP contribution < -0.4 is 0 Å². The summed E-state index contributed by atoms with van der Waals surface area (Å²) in [6, 6.07) is 9.11. The second-order valence-corrected chi connectivity index (χ2v) is 5.75. The first-order valence-corrected chi connectivity index (χ1v) is 7.28. The third kappa shape index (κ3) is 3.43. The van der Waals surface area contributed by atoms with Gasteiger partial charge in [0.2, 0.25) is 0 Å². The standard InChI is InChI=1S/C16H19N3O.CH4/c17-10-13-3-1-5-15(9-13)16(20)19-8-7-18-6-2-4-14(11-18)12-19;/h1,3,5,9,14H,2,4,6-8,11-12H2;1H4. The molecule has 0 aliphatic carbocycles. The van der Waals surface area contributed by atoms with Gasteiger partial charge in [-0.15, -0.1) is 0 Å². The average molecular weight is 285 g/mol. The third-order valence-corrected chi connectivity index (χ3v) is 4.29. The van der Waals surface area contributed by atoms with Crippen LogP contribution in [0.2, 0.25) is 0 Å². The van der Waals surface area contributed by atoms with Gasteiger partial charge in [-0.05, 0) is 43.5 Å². The molecule has 2 fully saturated rings. The largest absolute Gasteiger partial charge is 0.337 e. The molecule has 3 rings (SSSR count). The topological polar surface area (TPSA) is 47.3 Å². The molecule has 1 aromatic rings. The maximum atomic E-state index is 12.6. The molecule has 4 heteroatoms. The molecule has 1 aromatic carbocycles. The van der Waals surface area contributed by atoms with Crippen LogP contribution in [0.15, 0.2) is 24.3 Å². The summed E-state index contributed by atoms with van der Waals surface area (Å²) in [4.78, 5) is 17.0. The summed E-state index contributed by atoms with van der Waals surface area (Å²) in [5.41, 5.74) is 1.18. The van der Waals surface area contributed by atoms with E-state index in [1.807, 2.05) is 4.90 Å². The highest BCUT2D eigenvalue weighted by Gasteiger charge is 2.28. The van der Waals surface area contributed by atoms with Crippen molar-refractivity contribution in [2.45, 2.75) is 20.3 Å². The highest BCUT2D eigenvalue weighted by molar-refractivity contribution is 5.94. The van der Waals surface area contributed by atoms with Crippen molar-refractivity contribution in [1.29, 1.82) is 5.26 Å². The molecule has 2 unspecified atom stereocenters. The molecule has 0 radical (unpaired) electrons. The molecule has 2 aliphatic rings. The number of nitrogens with zero attached hydrogens (tertiary/aromatic N) is 3. The summed E-state index contributed by atoms with van der Waals surface area (Å²) in [5, 5.41) is 8.94. The number of carbonyl (C=O) groups is 1. The van der Waals surface area contributed by atoms with Crippen LogP contribution in [0.25, 0.3) is 0 Å². The normalized spacial score (nSPS) is 24.4. The fourth-order valence-corrected chi connectivity index (χ4v) is 3.26. The highest BCUT2D eigenvalue weighted by Crippen LogP contribution is 2.21. The Hall–Kier alpha value is -1.86. The van der Waals surface area contributed by atoms with E-state index in [4.69, 9.17) is 5.26 Å². The zero-order chi connectivity index (χ0) is 13.9. The number of rotatable bonds is 1. The number of carbonyl (C=O) groups excluding carboxylic acids is 1. The minimum absolute atomic E-state index is 0. The fraction of sp³-hybridized carbons (Fsp3) is 0.529. The van der Waals surface area contributed by atoms with Crippen LogP contribution in [-0.2, 0) is 0 Å². The van der Waals surface area contributed by atoms with Crippen LogP contribution in [-0.4, -0.2) is 48.4 Å². The Morgan fingerprint density at radius 1 is 1.24 bits per heavy atom. The Labute approximate surface area is 127 Å². The first kappa shape index (κ1) is 15.5. The first-order valence-electron chi connectivity index (χ1n) is 7.28. The maximum Gasteiger partial charge on any atom is 0.253 e. The van der Waals surface area contributed by atoms with Crippen LogP contribution in [0.4, 0.5) is 0 Å². The third-order valence-electron chi connectivity index (χ3n) is 4.29. The van der Waals surface area contributed by atoms with E-state index in [0.717, 1.165) is 26.2 Å². The van der Waals surface area contributed by atoms with Gasteiger partial charge >= 0.3 is 0 Å². The Balaban J connectivity index is 0.00000161. The van der Waals surface area contributed by atoms with Crippen LogP contribution in [0.5, 0.6) is 0 Å². The second-order valence-electron chi connectivity index (χ2n) is 5.75. The number of amides is 1. The first-order chi connectivity index (χ1) is 9.76. The summed E-state index contributed by atoms with van der Waals surface area (Å²) in [6.45, 7) is 4.92. The smallest absolute Gasteiger partial charge is 0.253 e. The van der Waals surface area contributed by atoms with Crippen molar-refractivity contribution in [2.24, 2.45) is 5.92 Å². The lowest BCUT2D eigenvalue weighted by Gasteiger charge is -2.29. The Bertz CT molecular complexity index is 549. The van der Waals surface area contributed by atoms with Gasteiger partial charge in [0, 0.05) is 31.7 Å². The zero-order valence-corrected chi connectivity index (χ0v) is 11.6. The van der Waals surface area contributed by atoms with Crippen molar-refractivity contribution in [1.82, 2.24) is 9.80 Å². The van der Waals surface area contributed by atoms with Crippen molar-refractivity contribution >= 4 is 5.91 Å². The molecule has 2 bridgehead atoms. The monoisotopic (exact) mass is 285 g/mol. The van der Waals surface area contributed by atoms with E-state index >= 15 is 0 Å². The summed E-state index contributed by atoms with van der Waals surface area (Å²) in [5.74, 6) is 0.671. The number of hydrogen-bond donors (Lipinski definition) is 0. The van der Waals surface area contributed by atoms with E-state index in [2.05, 4.69) is 11.0 Å². The fourth-order valence-electron chi connectivity index (χ4n) is 3.26. The molecule has 1 amide bonds. The molecule has 0 aromatic heterocycles. The van der Waals surface area contributed by atoms with Crippen molar-refractivity contribution in [3.05, 3.63) is 35.4 Å². The van der Waals surface area contributed by atoms with Gasteiger partial charge in [-0.2, -0.15) is 5.26 Å². The summed E-state index contributed by atoms with van der Waals surface area (Å²) < 4.78 is 0. The van der Waals surface area contributed by atoms with Gasteiger partial charge in [-0.3, -0.25) is 4.79 Å². The van der Waals surface area contributed by atoms with E-state index < -0.39 is 0 Å². The van der Waals surface area contributed by atoms with Gasteiger partial charge in [-0.25, -0.2) is 0 Å². The van der Waals surface area contributed by atoms with E-state index in [-0.39, 0.29) is 13.3 Å². The van der Waals surface area contributed by atoms with E-state index in [0.29, 0.717) is 17.0 Å². The van der Waals surface area contributed by atoms with E-state index in [1.165, 1.54) is 19.4 Å². The van der Waals surface area contributed by atoms with Crippen molar-refractivity contribution in [3.63, 3.8) is 0 Å². The van der Waals surface area contributed by atoms with Crippen LogP contribution >= 0.6 is 0 Å². The van der Waals surface area contributed by atoms with Crippen LogP contribution in [0, 0.1) is 17.2 Å². The minimum atomic E-state index is 0. The molecule has 2 saturated heterocycles. The van der Waals surface area contributed by atoms with E-state index in [1.54, 1.807) is 24.3 Å². The summed E-state index contributed by atoms with van der Waals surface area (Å²) in [7, 11) is 0. The number of benzene rings is 1. The molecule has 0 saturated carbocycles. The Morgan fingerprint density at radius 2 is 2.10 bits per heavy atom. The second kappa shape index (κ2) is 6.73. The summed E-state index contributed by atoms with van der Waals surface area (Å²) >= 11 is 0. The molecule has 0 spiro atoms. The highest BCUT2D eigenvalue weighted by atomic mass is 16.2. The number of fused-ring (bicyclic) bond motifs is 2. The maximum absolute atomic E-state index is 12.6. The lowest BCUT2D eigenvalue weighted by molar-refractivity contribution is 0.0746. The average Bonchev–Trinajstić information content (AvgIpc) is 2.64. The van der Waals surface area contributed by atoms with Crippen molar-refractivity contribution < 1.29 is 4.79 Å². The molecule has 112 valence electrons. The lowest BCUT2D eigenvalue weighted by Crippen LogP contribution is -2.36. The molecular formula is C17H23N3O. The predicted octanol–water partition coefficient (Wildman–Crippen LogP) is 2.36. The van der Waals surface area contributed by atoms with Crippen LogP contribution in [0.1, 0.15) is 36.2 Å². The molecule has 2 atom stereocenters. The van der Waals surface area contributed by atoms with Gasteiger partial charge < -0.3 is 9.80 Å². The van der Waals surface area contributed by atoms with Crippen molar-refractivity contribution in [2.75, 3.05) is 32.7 Å². The number of nitriles is 1. The Kier molecular flexibility index (Phi) is 4.98. The zero-order valence-electron chi connectivity index (χ0n) is 11.6. The predicted molar refractivity (Wildman–Crippen MR) is 83.0 cm³/mol. The van der Waals surface area contributed by atoms with Gasteiger partial charge in [0.1, 0.15) is 0 Å². The van der Waals surface area contributed by atoms with Crippen LogP contribution in [0.3, 0.4) is 0 Å². The molecule has 2 aliphatic heterocycles. The van der Waals surface area contributed by atoms with Gasteiger partial charge in [0.25, 0.3) is 5.91 Å². The quantitative estimate of drug-likeness (QED) is 0.796. The van der Waals surface area contributed by atoms with Crippen molar-refractivity contribution in [3.8, 4) is 6.07 Å². The minimum Gasteiger partial charge on any atom is -0.337 e. The van der Waals surface area contributed by atoms with E-state index in [9.17, 15) is 4.79 Å². The molecule has 2 heterocycles. The number of piperidine rings is 1. The van der Waals surface area contributed by atoms with Gasteiger partial charge in [0.05, 0.1) is 11.6 Å². The van der Waals surface area contributed by atoms with Gasteiger partial charge in [0.15, 0.2) is 0 Å². The van der Waals surface area contributed by atoms with Gasteiger partial charge in [-0.1, -0.05) is 13.5 Å². The molecular weight excluding hydrogens is 262 g/mol. The molecule has 4 nitrogen and oxygen atoms in total. The lowest BCUT2D eigenvalue weighted by atomic mass is 9.98.